The molecule has 2 heterocycles. The van der Waals surface area contributed by atoms with Gasteiger partial charge in [0.2, 0.25) is 11.8 Å². The van der Waals surface area contributed by atoms with Crippen LogP contribution >= 0.6 is 0 Å². The summed E-state index contributed by atoms with van der Waals surface area (Å²) in [5, 5.41) is 3.12. The summed E-state index contributed by atoms with van der Waals surface area (Å²) < 4.78 is 20.1. The highest BCUT2D eigenvalue weighted by Gasteiger charge is 2.68. The summed E-state index contributed by atoms with van der Waals surface area (Å²) in [5.74, 6) is -4.63. The van der Waals surface area contributed by atoms with Gasteiger partial charge in [-0.1, -0.05) is 37.3 Å². The first-order valence-corrected chi connectivity index (χ1v) is 10.9. The Morgan fingerprint density at radius 1 is 1.09 bits per heavy atom. The molecule has 0 aromatic heterocycles. The molecule has 33 heavy (non-hydrogen) atoms. The maximum Gasteiger partial charge on any atom is 0.327 e. The summed E-state index contributed by atoms with van der Waals surface area (Å²) in [5.41, 5.74) is -0.699. The van der Waals surface area contributed by atoms with Gasteiger partial charge in [-0.05, 0) is 38.5 Å². The van der Waals surface area contributed by atoms with Crippen LogP contribution in [0.3, 0.4) is 0 Å². The fraction of sp³-hybridized carbons (Fsp3) is 0.360. The number of hydrogen-bond donors (Lipinski definition) is 1. The highest BCUT2D eigenvalue weighted by Crippen LogP contribution is 2.51. The minimum absolute atomic E-state index is 0.0938. The zero-order chi connectivity index (χ0) is 23.9. The number of rotatable bonds is 6. The van der Waals surface area contributed by atoms with E-state index in [2.05, 4.69) is 5.32 Å². The second-order valence-corrected chi connectivity index (χ2v) is 8.31. The van der Waals surface area contributed by atoms with Gasteiger partial charge >= 0.3 is 5.97 Å². The van der Waals surface area contributed by atoms with Gasteiger partial charge in [-0.3, -0.25) is 24.5 Å². The largest absolute Gasteiger partial charge is 0.465 e. The molecule has 4 rings (SSSR count). The predicted octanol–water partition coefficient (Wildman–Crippen LogP) is 3.19. The number of carbonyl (C=O) groups is 4. The Balaban J connectivity index is 1.87. The first-order valence-electron chi connectivity index (χ1n) is 10.9. The van der Waals surface area contributed by atoms with Crippen LogP contribution < -0.4 is 10.2 Å². The van der Waals surface area contributed by atoms with Gasteiger partial charge in [-0.2, -0.15) is 0 Å². The molecule has 2 fully saturated rings. The molecule has 0 saturated carbocycles. The number of ether oxygens (including phenoxy) is 1. The summed E-state index contributed by atoms with van der Waals surface area (Å²) in [6.07, 6.45) is 0.165. The highest BCUT2D eigenvalue weighted by molar-refractivity contribution is 6.24. The number of imide groups is 1. The van der Waals surface area contributed by atoms with E-state index in [1.54, 1.807) is 38.1 Å². The third-order valence-corrected chi connectivity index (χ3v) is 6.60. The van der Waals surface area contributed by atoms with Crippen LogP contribution in [0.1, 0.15) is 49.2 Å². The molecule has 2 saturated heterocycles. The van der Waals surface area contributed by atoms with Gasteiger partial charge in [0.1, 0.15) is 11.4 Å². The standard InChI is InChI=1S/C25H25FN2O5/c1-4-25(24(32)33-5-2)20-19(21(27-25)17-11-6-7-12-18(17)26)22(30)28(23(20)31)16-10-8-9-15(13-16)14(3)29/h6-13,19-21,27H,4-5H2,1-3H3/t19-,20-,21+,25+/m0/s1. The molecule has 0 unspecified atom stereocenters. The molecule has 8 heteroatoms. The number of ketones is 1. The summed E-state index contributed by atoms with van der Waals surface area (Å²) in [6, 6.07) is 11.3. The van der Waals surface area contributed by atoms with E-state index in [1.165, 1.54) is 31.2 Å². The van der Waals surface area contributed by atoms with Gasteiger partial charge in [-0.15, -0.1) is 0 Å². The third-order valence-electron chi connectivity index (χ3n) is 6.60. The number of hydrogen-bond acceptors (Lipinski definition) is 6. The summed E-state index contributed by atoms with van der Waals surface area (Å²) in [7, 11) is 0. The van der Waals surface area contributed by atoms with E-state index in [4.69, 9.17) is 4.74 Å². The second-order valence-electron chi connectivity index (χ2n) is 8.31. The van der Waals surface area contributed by atoms with Crippen molar-refractivity contribution in [1.29, 1.82) is 0 Å². The lowest BCUT2D eigenvalue weighted by molar-refractivity contribution is -0.154. The van der Waals surface area contributed by atoms with Crippen molar-refractivity contribution >= 4 is 29.3 Å². The Hall–Kier alpha value is -3.39. The summed E-state index contributed by atoms with van der Waals surface area (Å²) in [4.78, 5) is 53.4. The minimum Gasteiger partial charge on any atom is -0.465 e. The van der Waals surface area contributed by atoms with E-state index < -0.39 is 47.0 Å². The molecule has 1 N–H and O–H groups in total. The molecule has 0 spiro atoms. The van der Waals surface area contributed by atoms with E-state index in [0.717, 1.165) is 4.90 Å². The lowest BCUT2D eigenvalue weighted by Crippen LogP contribution is -2.56. The van der Waals surface area contributed by atoms with Crippen molar-refractivity contribution < 1.29 is 28.3 Å². The smallest absolute Gasteiger partial charge is 0.327 e. The molecule has 2 aromatic carbocycles. The number of esters is 1. The van der Waals surface area contributed by atoms with E-state index in [9.17, 15) is 23.6 Å². The van der Waals surface area contributed by atoms with Crippen LogP contribution in [0.2, 0.25) is 0 Å². The molecule has 2 aliphatic rings. The van der Waals surface area contributed by atoms with Crippen LogP contribution in [0.4, 0.5) is 10.1 Å². The summed E-state index contributed by atoms with van der Waals surface area (Å²) in [6.45, 7) is 4.86. The van der Waals surface area contributed by atoms with Crippen molar-refractivity contribution in [3.8, 4) is 0 Å². The van der Waals surface area contributed by atoms with Crippen molar-refractivity contribution in [1.82, 2.24) is 5.32 Å². The average Bonchev–Trinajstić information content (AvgIpc) is 3.28. The van der Waals surface area contributed by atoms with E-state index >= 15 is 0 Å². The molecule has 172 valence electrons. The molecule has 7 nitrogen and oxygen atoms in total. The average molecular weight is 452 g/mol. The molecule has 4 atom stereocenters. The van der Waals surface area contributed by atoms with Crippen LogP contribution in [0.5, 0.6) is 0 Å². The quantitative estimate of drug-likeness (QED) is 0.411. The molecular weight excluding hydrogens is 427 g/mol. The topological polar surface area (TPSA) is 92.8 Å². The third kappa shape index (κ3) is 3.45. The molecule has 2 aromatic rings. The molecule has 2 aliphatic heterocycles. The number of anilines is 1. The van der Waals surface area contributed by atoms with E-state index in [1.807, 2.05) is 0 Å². The number of amides is 2. The zero-order valence-electron chi connectivity index (χ0n) is 18.6. The number of nitrogens with zero attached hydrogens (tertiary/aromatic N) is 1. The van der Waals surface area contributed by atoms with E-state index in [0.29, 0.717) is 5.56 Å². The highest BCUT2D eigenvalue weighted by atomic mass is 19.1. The fourth-order valence-corrected chi connectivity index (χ4v) is 5.03. The Labute approximate surface area is 190 Å². The van der Waals surface area contributed by atoms with Gasteiger partial charge in [-0.25, -0.2) is 9.29 Å². The van der Waals surface area contributed by atoms with Crippen LogP contribution in [0.15, 0.2) is 48.5 Å². The van der Waals surface area contributed by atoms with Crippen LogP contribution in [-0.2, 0) is 19.1 Å². The maximum atomic E-state index is 14.8. The van der Waals surface area contributed by atoms with Crippen molar-refractivity contribution in [2.45, 2.75) is 38.8 Å². The number of halogens is 1. The monoisotopic (exact) mass is 452 g/mol. The Morgan fingerprint density at radius 2 is 1.82 bits per heavy atom. The van der Waals surface area contributed by atoms with Crippen molar-refractivity contribution in [3.05, 3.63) is 65.5 Å². The van der Waals surface area contributed by atoms with Gasteiger partial charge in [0, 0.05) is 17.2 Å². The maximum absolute atomic E-state index is 14.8. The fourth-order valence-electron chi connectivity index (χ4n) is 5.03. The molecule has 2 amide bonds. The number of nitrogens with one attached hydrogen (secondary N) is 1. The Kier molecular flexibility index (Phi) is 5.88. The SMILES string of the molecule is CCOC(=O)[C@]1(CC)N[C@H](c2ccccc2F)[C@H]2C(=O)N(c3cccc(C(C)=O)c3)C(=O)[C@H]21. The van der Waals surface area contributed by atoms with Crippen LogP contribution in [0.25, 0.3) is 0 Å². The number of Topliss-reactive ketones (excluding diaryl/α,β-unsaturated/α-hetero) is 1. The number of carbonyl (C=O) groups excluding carboxylic acids is 4. The van der Waals surface area contributed by atoms with Gasteiger partial charge < -0.3 is 4.74 Å². The van der Waals surface area contributed by atoms with Gasteiger partial charge in [0.25, 0.3) is 0 Å². The van der Waals surface area contributed by atoms with Gasteiger partial charge in [0.05, 0.1) is 24.1 Å². The Morgan fingerprint density at radius 3 is 2.45 bits per heavy atom. The van der Waals surface area contributed by atoms with Crippen molar-refractivity contribution in [3.63, 3.8) is 0 Å². The zero-order valence-corrected chi connectivity index (χ0v) is 18.6. The lowest BCUT2D eigenvalue weighted by Gasteiger charge is -2.32. The molecule has 0 aliphatic carbocycles. The van der Waals surface area contributed by atoms with Crippen molar-refractivity contribution in [2.24, 2.45) is 11.8 Å². The second kappa shape index (κ2) is 8.51. The van der Waals surface area contributed by atoms with Crippen LogP contribution in [0, 0.1) is 17.7 Å². The molecule has 0 radical (unpaired) electrons. The Bertz CT molecular complexity index is 1150. The number of benzene rings is 2. The first kappa shape index (κ1) is 22.8. The lowest BCUT2D eigenvalue weighted by atomic mass is 9.78. The first-order chi connectivity index (χ1) is 15.8. The minimum atomic E-state index is -1.49. The predicted molar refractivity (Wildman–Crippen MR) is 118 cm³/mol. The van der Waals surface area contributed by atoms with Crippen LogP contribution in [-0.4, -0.2) is 35.7 Å². The summed E-state index contributed by atoms with van der Waals surface area (Å²) >= 11 is 0. The van der Waals surface area contributed by atoms with Crippen molar-refractivity contribution in [2.75, 3.05) is 11.5 Å². The van der Waals surface area contributed by atoms with E-state index in [-0.39, 0.29) is 30.1 Å². The number of fused-ring (bicyclic) bond motifs is 1. The van der Waals surface area contributed by atoms with Gasteiger partial charge in [0.15, 0.2) is 5.78 Å². The molecular formula is C25H25FN2O5. The molecule has 0 bridgehead atoms. The normalized spacial score (nSPS) is 26.4.